The number of ketones is 1. The highest BCUT2D eigenvalue weighted by Gasteiger charge is 2.16. The number of carbonyl (C=O) groups excluding carboxylic acids is 1. The molecule has 0 fully saturated rings. The summed E-state index contributed by atoms with van der Waals surface area (Å²) in [5.41, 5.74) is 1.42. The standard InChI is InChI=1S/C11H5Br2IOS/c12-9-2-1-6(14)3-7(9)11(15)8-4-16-5-10(8)13/h1-5H. The monoisotopic (exact) mass is 470 g/mol. The molecule has 82 valence electrons. The molecule has 0 spiro atoms. The average Bonchev–Trinajstić information content (AvgIpc) is 2.67. The second kappa shape index (κ2) is 5.29. The van der Waals surface area contributed by atoms with E-state index in [2.05, 4.69) is 54.5 Å². The lowest BCUT2D eigenvalue weighted by Gasteiger charge is -2.03. The summed E-state index contributed by atoms with van der Waals surface area (Å²) in [5.74, 6) is 0.0403. The van der Waals surface area contributed by atoms with Crippen molar-refractivity contribution in [2.24, 2.45) is 0 Å². The van der Waals surface area contributed by atoms with E-state index < -0.39 is 0 Å². The van der Waals surface area contributed by atoms with Crippen molar-refractivity contribution in [3.63, 3.8) is 0 Å². The number of halogens is 3. The van der Waals surface area contributed by atoms with Gasteiger partial charge in [-0.15, -0.1) is 0 Å². The van der Waals surface area contributed by atoms with Gasteiger partial charge in [0.25, 0.3) is 0 Å². The van der Waals surface area contributed by atoms with Crippen LogP contribution in [0.1, 0.15) is 15.9 Å². The quantitative estimate of drug-likeness (QED) is 0.439. The van der Waals surface area contributed by atoms with Gasteiger partial charge in [-0.25, -0.2) is 0 Å². The third-order valence-corrected chi connectivity index (χ3v) is 5.10. The van der Waals surface area contributed by atoms with E-state index in [1.54, 1.807) is 0 Å². The van der Waals surface area contributed by atoms with E-state index in [1.807, 2.05) is 29.0 Å². The second-order valence-corrected chi connectivity index (χ2v) is 6.78. The van der Waals surface area contributed by atoms with Gasteiger partial charge in [-0.3, -0.25) is 4.79 Å². The minimum atomic E-state index is 0.0403. The molecule has 1 nitrogen and oxygen atoms in total. The lowest BCUT2D eigenvalue weighted by molar-refractivity contribution is 0.103. The lowest BCUT2D eigenvalue weighted by Crippen LogP contribution is -2.02. The molecule has 0 saturated carbocycles. The molecule has 5 heteroatoms. The molecule has 0 aliphatic rings. The van der Waals surface area contributed by atoms with Gasteiger partial charge in [-0.1, -0.05) is 15.9 Å². The summed E-state index contributed by atoms with van der Waals surface area (Å²) in [4.78, 5) is 12.2. The van der Waals surface area contributed by atoms with Crippen molar-refractivity contribution >= 4 is 71.6 Å². The molecule has 2 rings (SSSR count). The molecule has 0 saturated heterocycles. The van der Waals surface area contributed by atoms with E-state index in [4.69, 9.17) is 0 Å². The first-order valence-electron chi connectivity index (χ1n) is 4.31. The fraction of sp³-hybridized carbons (Fsp3) is 0. The Morgan fingerprint density at radius 2 is 1.88 bits per heavy atom. The van der Waals surface area contributed by atoms with Gasteiger partial charge in [0.05, 0.1) is 0 Å². The van der Waals surface area contributed by atoms with E-state index in [1.165, 1.54) is 11.3 Å². The van der Waals surface area contributed by atoms with Gasteiger partial charge in [0, 0.05) is 34.4 Å². The summed E-state index contributed by atoms with van der Waals surface area (Å²) in [6.07, 6.45) is 0. The topological polar surface area (TPSA) is 17.1 Å². The number of thiophene rings is 1. The van der Waals surface area contributed by atoms with Gasteiger partial charge in [-0.2, -0.15) is 11.3 Å². The predicted octanol–water partition coefficient (Wildman–Crippen LogP) is 5.11. The van der Waals surface area contributed by atoms with Crippen LogP contribution >= 0.6 is 65.8 Å². The molecule has 0 atom stereocenters. The lowest BCUT2D eigenvalue weighted by atomic mass is 10.1. The molecular weight excluding hydrogens is 467 g/mol. The third-order valence-electron chi connectivity index (χ3n) is 2.03. The van der Waals surface area contributed by atoms with Crippen molar-refractivity contribution < 1.29 is 4.79 Å². The Labute approximate surface area is 128 Å². The summed E-state index contributed by atoms with van der Waals surface area (Å²) in [5, 5.41) is 3.77. The van der Waals surface area contributed by atoms with Crippen LogP contribution in [0.15, 0.2) is 37.9 Å². The maximum Gasteiger partial charge on any atom is 0.196 e. The largest absolute Gasteiger partial charge is 0.288 e. The molecule has 16 heavy (non-hydrogen) atoms. The van der Waals surface area contributed by atoms with Gasteiger partial charge >= 0.3 is 0 Å². The third kappa shape index (κ3) is 2.57. The SMILES string of the molecule is O=C(c1cscc1Br)c1cc(I)ccc1Br. The Morgan fingerprint density at radius 1 is 1.12 bits per heavy atom. The van der Waals surface area contributed by atoms with Crippen molar-refractivity contribution in [3.05, 3.63) is 52.6 Å². The Kier molecular flexibility index (Phi) is 4.21. The van der Waals surface area contributed by atoms with Crippen LogP contribution in [-0.4, -0.2) is 5.78 Å². The molecule has 0 aliphatic heterocycles. The van der Waals surface area contributed by atoms with E-state index >= 15 is 0 Å². The van der Waals surface area contributed by atoms with Crippen LogP contribution in [0.25, 0.3) is 0 Å². The Morgan fingerprint density at radius 3 is 2.50 bits per heavy atom. The van der Waals surface area contributed by atoms with Crippen LogP contribution in [0.5, 0.6) is 0 Å². The Hall–Kier alpha value is 0.280. The van der Waals surface area contributed by atoms with E-state index in [0.717, 1.165) is 12.5 Å². The van der Waals surface area contributed by atoms with Gasteiger partial charge in [0.1, 0.15) is 0 Å². The van der Waals surface area contributed by atoms with Crippen molar-refractivity contribution in [1.82, 2.24) is 0 Å². The van der Waals surface area contributed by atoms with E-state index in [0.29, 0.717) is 11.1 Å². The second-order valence-electron chi connectivity index (χ2n) is 3.09. The highest BCUT2D eigenvalue weighted by Crippen LogP contribution is 2.28. The number of benzene rings is 1. The molecule has 0 bridgehead atoms. The molecule has 2 aromatic rings. The molecule has 0 radical (unpaired) electrons. The molecule has 0 unspecified atom stereocenters. The normalized spacial score (nSPS) is 10.4. The first kappa shape index (κ1) is 12.7. The van der Waals surface area contributed by atoms with Crippen molar-refractivity contribution in [2.75, 3.05) is 0 Å². The summed E-state index contributed by atoms with van der Waals surface area (Å²) >= 11 is 10.5. The summed E-state index contributed by atoms with van der Waals surface area (Å²) < 4.78 is 2.74. The fourth-order valence-corrected chi connectivity index (χ4v) is 3.63. The number of carbonyl (C=O) groups is 1. The van der Waals surface area contributed by atoms with Gasteiger partial charge < -0.3 is 0 Å². The maximum absolute atomic E-state index is 12.2. The molecular formula is C11H5Br2IOS. The van der Waals surface area contributed by atoms with Crippen LogP contribution in [0, 0.1) is 3.57 Å². The molecule has 1 heterocycles. The number of rotatable bonds is 2. The molecule has 1 aromatic heterocycles. The van der Waals surface area contributed by atoms with Gasteiger partial charge in [0.15, 0.2) is 5.78 Å². The molecule has 0 aliphatic carbocycles. The molecule has 0 N–H and O–H groups in total. The smallest absolute Gasteiger partial charge is 0.196 e. The zero-order valence-electron chi connectivity index (χ0n) is 7.84. The first-order valence-corrected chi connectivity index (χ1v) is 7.92. The molecule has 1 aromatic carbocycles. The number of hydrogen-bond donors (Lipinski definition) is 0. The van der Waals surface area contributed by atoms with Crippen LogP contribution in [0.3, 0.4) is 0 Å². The zero-order chi connectivity index (χ0) is 11.7. The van der Waals surface area contributed by atoms with Crippen molar-refractivity contribution in [2.45, 2.75) is 0 Å². The highest BCUT2D eigenvalue weighted by atomic mass is 127. The zero-order valence-corrected chi connectivity index (χ0v) is 14.0. The minimum Gasteiger partial charge on any atom is -0.288 e. The van der Waals surface area contributed by atoms with Crippen LogP contribution in [-0.2, 0) is 0 Å². The van der Waals surface area contributed by atoms with Crippen molar-refractivity contribution in [1.29, 1.82) is 0 Å². The summed E-state index contributed by atoms with van der Waals surface area (Å²) in [6.45, 7) is 0. The summed E-state index contributed by atoms with van der Waals surface area (Å²) in [6, 6.07) is 5.75. The minimum absolute atomic E-state index is 0.0403. The van der Waals surface area contributed by atoms with E-state index in [9.17, 15) is 4.79 Å². The van der Waals surface area contributed by atoms with Crippen LogP contribution in [0.4, 0.5) is 0 Å². The maximum atomic E-state index is 12.2. The summed E-state index contributed by atoms with van der Waals surface area (Å²) in [7, 11) is 0. The Bertz CT molecular complexity index is 551. The highest BCUT2D eigenvalue weighted by molar-refractivity contribution is 14.1. The van der Waals surface area contributed by atoms with Crippen molar-refractivity contribution in [3.8, 4) is 0 Å². The van der Waals surface area contributed by atoms with Crippen LogP contribution in [0.2, 0.25) is 0 Å². The van der Waals surface area contributed by atoms with Crippen LogP contribution < -0.4 is 0 Å². The van der Waals surface area contributed by atoms with E-state index in [-0.39, 0.29) is 5.78 Å². The molecule has 0 amide bonds. The predicted molar refractivity (Wildman–Crippen MR) is 82.3 cm³/mol. The fourth-order valence-electron chi connectivity index (χ4n) is 1.26. The van der Waals surface area contributed by atoms with Gasteiger partial charge in [-0.05, 0) is 56.7 Å². The Balaban J connectivity index is 2.49. The average molecular weight is 472 g/mol. The van der Waals surface area contributed by atoms with Gasteiger partial charge in [0.2, 0.25) is 0 Å². The first-order chi connectivity index (χ1) is 7.59. The number of hydrogen-bond acceptors (Lipinski definition) is 2.